The molecular formula is C26H39ClMnN4. The van der Waals surface area contributed by atoms with Crippen molar-refractivity contribution in [1.29, 1.82) is 0 Å². The van der Waals surface area contributed by atoms with E-state index in [9.17, 15) is 0 Å². The minimum Gasteiger partial charge on any atom is -0.301 e. The third-order valence-electron chi connectivity index (χ3n) is 6.59. The Morgan fingerprint density at radius 2 is 0.844 bits per heavy atom. The summed E-state index contributed by atoms with van der Waals surface area (Å²) in [5.74, 6) is 0. The maximum atomic E-state index is 2.71. The van der Waals surface area contributed by atoms with E-state index in [1.54, 1.807) is 0 Å². The summed E-state index contributed by atoms with van der Waals surface area (Å²) >= 11 is 0. The van der Waals surface area contributed by atoms with Gasteiger partial charge < -0.3 is 9.80 Å². The smallest absolute Gasteiger partial charge is 0.0234 e. The third-order valence-corrected chi connectivity index (χ3v) is 6.59. The van der Waals surface area contributed by atoms with Crippen molar-refractivity contribution in [1.82, 2.24) is 19.6 Å². The number of fused-ring (bicyclic) bond motifs is 3. The Labute approximate surface area is 211 Å². The van der Waals surface area contributed by atoms with E-state index in [4.69, 9.17) is 0 Å². The maximum absolute atomic E-state index is 2.71. The van der Waals surface area contributed by atoms with Crippen LogP contribution in [-0.4, -0.2) is 85.0 Å². The normalized spacial score (nSPS) is 23.5. The van der Waals surface area contributed by atoms with Gasteiger partial charge in [0.15, 0.2) is 0 Å². The number of hydrogen-bond donors (Lipinski definition) is 0. The van der Waals surface area contributed by atoms with E-state index in [1.165, 1.54) is 89.4 Å². The van der Waals surface area contributed by atoms with Gasteiger partial charge in [0, 0.05) is 69.4 Å². The van der Waals surface area contributed by atoms with Gasteiger partial charge in [0.2, 0.25) is 0 Å². The standard InChI is InChI=1S/C26H38N4.ClH.Mn/c1-3-9-25(10-4-1)23-29-15-7-13-28-18-17-27(19-21-29)14-8-16-30(22-20-28)24-26-11-5-2-6-12-26;;/h1-6,9-12H,7-8,13-24H2;1H;. The second-order valence-corrected chi connectivity index (χ2v) is 8.91. The Hall–Kier alpha value is -0.911. The fourth-order valence-corrected chi connectivity index (χ4v) is 4.78. The summed E-state index contributed by atoms with van der Waals surface area (Å²) in [6.07, 6.45) is 2.54. The zero-order valence-corrected chi connectivity index (χ0v) is 21.2. The van der Waals surface area contributed by atoms with Crippen LogP contribution in [0, 0.1) is 0 Å². The van der Waals surface area contributed by atoms with Crippen LogP contribution in [0.15, 0.2) is 60.7 Å². The first kappa shape index (κ1) is 27.3. The van der Waals surface area contributed by atoms with Gasteiger partial charge in [-0.15, -0.1) is 12.4 Å². The number of hydrogen-bond acceptors (Lipinski definition) is 4. The van der Waals surface area contributed by atoms with Crippen LogP contribution < -0.4 is 0 Å². The summed E-state index contributed by atoms with van der Waals surface area (Å²) in [5, 5.41) is 0. The molecule has 2 saturated heterocycles. The quantitative estimate of drug-likeness (QED) is 0.595. The number of benzene rings is 2. The summed E-state index contributed by atoms with van der Waals surface area (Å²) in [4.78, 5) is 10.8. The molecule has 0 amide bonds. The summed E-state index contributed by atoms with van der Waals surface area (Å²) < 4.78 is 0. The van der Waals surface area contributed by atoms with Crippen molar-refractivity contribution in [2.75, 3.05) is 65.4 Å². The molecule has 0 spiro atoms. The van der Waals surface area contributed by atoms with Crippen LogP contribution in [0.5, 0.6) is 0 Å². The minimum absolute atomic E-state index is 0. The van der Waals surface area contributed by atoms with E-state index in [-0.39, 0.29) is 29.5 Å². The minimum atomic E-state index is 0. The zero-order valence-electron chi connectivity index (χ0n) is 19.2. The van der Waals surface area contributed by atoms with Crippen molar-refractivity contribution < 1.29 is 17.1 Å². The van der Waals surface area contributed by atoms with Crippen LogP contribution in [0.25, 0.3) is 0 Å². The van der Waals surface area contributed by atoms with Crippen molar-refractivity contribution >= 4 is 12.4 Å². The fourth-order valence-electron chi connectivity index (χ4n) is 4.78. The number of rotatable bonds is 4. The van der Waals surface area contributed by atoms with E-state index >= 15 is 0 Å². The molecule has 2 aromatic rings. The molecule has 177 valence electrons. The number of halogens is 1. The molecule has 2 bridgehead atoms. The fraction of sp³-hybridized carbons (Fsp3) is 0.538. The Morgan fingerprint density at radius 3 is 1.25 bits per heavy atom. The third kappa shape index (κ3) is 9.15. The summed E-state index contributed by atoms with van der Waals surface area (Å²) in [6.45, 7) is 14.2. The molecule has 0 aliphatic carbocycles. The van der Waals surface area contributed by atoms with Crippen LogP contribution in [0.2, 0.25) is 0 Å². The van der Waals surface area contributed by atoms with Crippen LogP contribution >= 0.6 is 12.4 Å². The second kappa shape index (κ2) is 15.1. The van der Waals surface area contributed by atoms with Crippen LogP contribution in [-0.2, 0) is 30.2 Å². The number of nitrogens with zero attached hydrogens (tertiary/aromatic N) is 4. The van der Waals surface area contributed by atoms with Crippen molar-refractivity contribution in [2.45, 2.75) is 25.9 Å². The molecule has 0 saturated carbocycles. The molecule has 32 heavy (non-hydrogen) atoms. The van der Waals surface area contributed by atoms with E-state index in [0.29, 0.717) is 0 Å². The van der Waals surface area contributed by atoms with Gasteiger partial charge in [0.1, 0.15) is 0 Å². The first-order valence-corrected chi connectivity index (χ1v) is 11.8. The van der Waals surface area contributed by atoms with Crippen LogP contribution in [0.4, 0.5) is 0 Å². The van der Waals surface area contributed by atoms with Crippen molar-refractivity contribution in [3.8, 4) is 0 Å². The monoisotopic (exact) mass is 497 g/mol. The first-order chi connectivity index (χ1) is 14.8. The molecule has 0 aromatic heterocycles. The summed E-state index contributed by atoms with van der Waals surface area (Å²) in [6, 6.07) is 22.0. The van der Waals surface area contributed by atoms with E-state index < -0.39 is 0 Å². The Morgan fingerprint density at radius 1 is 0.469 bits per heavy atom. The second-order valence-electron chi connectivity index (χ2n) is 8.91. The zero-order chi connectivity index (χ0) is 20.4. The van der Waals surface area contributed by atoms with Gasteiger partial charge in [-0.05, 0) is 50.1 Å². The SMILES string of the molecule is Cl.[Mn].c1ccc(CN2CCCN3CCN(CCCN(Cc4ccccc4)CC3)CC2)cc1. The predicted molar refractivity (Wildman–Crippen MR) is 133 cm³/mol. The molecule has 4 nitrogen and oxygen atoms in total. The van der Waals surface area contributed by atoms with Crippen LogP contribution in [0.3, 0.4) is 0 Å². The van der Waals surface area contributed by atoms with Crippen LogP contribution in [0.1, 0.15) is 24.0 Å². The molecule has 2 heterocycles. The Balaban J connectivity index is 0.00000181. The predicted octanol–water partition coefficient (Wildman–Crippen LogP) is 3.82. The van der Waals surface area contributed by atoms with Gasteiger partial charge in [-0.3, -0.25) is 9.80 Å². The molecule has 2 aliphatic rings. The van der Waals surface area contributed by atoms with E-state index in [1.807, 2.05) is 0 Å². The molecule has 4 rings (SSSR count). The van der Waals surface area contributed by atoms with E-state index in [0.717, 1.165) is 13.1 Å². The Kier molecular flexibility index (Phi) is 12.9. The van der Waals surface area contributed by atoms with Crippen molar-refractivity contribution in [2.24, 2.45) is 0 Å². The molecule has 2 unspecified atom stereocenters. The maximum Gasteiger partial charge on any atom is 0.0234 e. The largest absolute Gasteiger partial charge is 0.301 e. The first-order valence-electron chi connectivity index (χ1n) is 11.8. The molecule has 2 aromatic carbocycles. The molecular weight excluding hydrogens is 459 g/mol. The average molecular weight is 498 g/mol. The molecule has 1 radical (unpaired) electrons. The summed E-state index contributed by atoms with van der Waals surface area (Å²) in [5.41, 5.74) is 2.88. The molecule has 6 heteroatoms. The van der Waals surface area contributed by atoms with Gasteiger partial charge in [-0.2, -0.15) is 0 Å². The van der Waals surface area contributed by atoms with E-state index in [2.05, 4.69) is 80.3 Å². The average Bonchev–Trinajstić information content (AvgIpc) is 2.79. The van der Waals surface area contributed by atoms with Crippen molar-refractivity contribution in [3.05, 3.63) is 71.8 Å². The van der Waals surface area contributed by atoms with Gasteiger partial charge >= 0.3 is 0 Å². The molecule has 2 atom stereocenters. The van der Waals surface area contributed by atoms with Gasteiger partial charge in [-0.25, -0.2) is 0 Å². The molecule has 2 fully saturated rings. The van der Waals surface area contributed by atoms with Gasteiger partial charge in [0.25, 0.3) is 0 Å². The Bertz CT molecular complexity index is 670. The summed E-state index contributed by atoms with van der Waals surface area (Å²) in [7, 11) is 0. The van der Waals surface area contributed by atoms with Gasteiger partial charge in [0.05, 0.1) is 0 Å². The molecule has 2 aliphatic heterocycles. The molecule has 0 N–H and O–H groups in total. The van der Waals surface area contributed by atoms with Crippen molar-refractivity contribution in [3.63, 3.8) is 0 Å². The van der Waals surface area contributed by atoms with Gasteiger partial charge in [-0.1, -0.05) is 60.7 Å². The topological polar surface area (TPSA) is 13.0 Å².